The number of nitrogens with one attached hydrogen (secondary N) is 1. The van der Waals surface area contributed by atoms with Gasteiger partial charge in [-0.25, -0.2) is 0 Å². The molecule has 0 saturated carbocycles. The van der Waals surface area contributed by atoms with Crippen LogP contribution in [0.4, 0.5) is 0 Å². The Bertz CT molecular complexity index is 733. The molecule has 0 atom stereocenters. The highest BCUT2D eigenvalue weighted by Crippen LogP contribution is 2.17. The lowest BCUT2D eigenvalue weighted by Gasteiger charge is -2.04. The fourth-order valence-corrected chi connectivity index (χ4v) is 2.80. The van der Waals surface area contributed by atoms with Crippen molar-refractivity contribution >= 4 is 38.4 Å². The monoisotopic (exact) mass is 433 g/mol. The van der Waals surface area contributed by atoms with Gasteiger partial charge in [0.15, 0.2) is 0 Å². The van der Waals surface area contributed by atoms with Gasteiger partial charge in [-0.1, -0.05) is 67.2 Å². The van der Waals surface area contributed by atoms with Crippen LogP contribution in [-0.2, 0) is 4.84 Å². The molecule has 138 valence electrons. The van der Waals surface area contributed by atoms with Crippen LogP contribution in [0.25, 0.3) is 0 Å². The van der Waals surface area contributed by atoms with E-state index in [9.17, 15) is 0 Å². The molecular formula is C20H24BrN3OS. The SMILES string of the molecule is CC.CCO/N=C(\C/C=C/SC(=N)c1cncc(Br)c1)c1ccccc1. The number of nitrogens with zero attached hydrogens (tertiary/aromatic N) is 2. The van der Waals surface area contributed by atoms with Gasteiger partial charge in [0.2, 0.25) is 0 Å². The lowest BCUT2D eigenvalue weighted by molar-refractivity contribution is 0.158. The van der Waals surface area contributed by atoms with Crippen LogP contribution in [0, 0.1) is 5.41 Å². The first-order valence-electron chi connectivity index (χ1n) is 8.46. The third-order valence-corrected chi connectivity index (χ3v) is 4.20. The molecule has 0 fully saturated rings. The van der Waals surface area contributed by atoms with Crippen molar-refractivity contribution in [2.45, 2.75) is 27.2 Å². The standard InChI is InChI=1S/C18H18BrN3OS.C2H6/c1-2-23-22-17(14-7-4-3-5-8-14)9-6-10-24-18(20)15-11-16(19)13-21-12-15;1-2/h3-8,10-13,20H,2,9H2,1H3;1-2H3/b10-6+,20-18?,22-17+;. The van der Waals surface area contributed by atoms with Crippen LogP contribution in [-0.4, -0.2) is 22.3 Å². The van der Waals surface area contributed by atoms with Gasteiger partial charge in [0, 0.05) is 28.9 Å². The Morgan fingerprint density at radius 3 is 2.62 bits per heavy atom. The molecule has 0 saturated heterocycles. The smallest absolute Gasteiger partial charge is 0.114 e. The lowest BCUT2D eigenvalue weighted by Crippen LogP contribution is -2.00. The number of halogens is 1. The van der Waals surface area contributed by atoms with E-state index in [1.807, 2.05) is 68.7 Å². The lowest BCUT2D eigenvalue weighted by atomic mass is 10.1. The second kappa shape index (κ2) is 13.3. The maximum atomic E-state index is 8.08. The number of hydrogen-bond acceptors (Lipinski definition) is 5. The summed E-state index contributed by atoms with van der Waals surface area (Å²) in [6.45, 7) is 6.44. The minimum Gasteiger partial charge on any atom is -0.396 e. The number of allylic oxidation sites excluding steroid dienone is 1. The summed E-state index contributed by atoms with van der Waals surface area (Å²) in [5.41, 5.74) is 2.68. The number of oxime groups is 1. The zero-order chi connectivity index (χ0) is 19.2. The van der Waals surface area contributed by atoms with Crippen LogP contribution in [0.5, 0.6) is 0 Å². The van der Waals surface area contributed by atoms with E-state index in [2.05, 4.69) is 26.1 Å². The van der Waals surface area contributed by atoms with Gasteiger partial charge in [-0.15, -0.1) is 0 Å². The molecule has 0 aliphatic heterocycles. The average Bonchev–Trinajstić information content (AvgIpc) is 2.69. The predicted octanol–water partition coefficient (Wildman–Crippen LogP) is 6.27. The molecule has 4 nitrogen and oxygen atoms in total. The van der Waals surface area contributed by atoms with Gasteiger partial charge in [-0.05, 0) is 39.9 Å². The Morgan fingerprint density at radius 2 is 1.96 bits per heavy atom. The number of thioether (sulfide) groups is 1. The molecule has 0 aliphatic carbocycles. The van der Waals surface area contributed by atoms with Crippen molar-refractivity contribution in [1.82, 2.24) is 4.98 Å². The Hall–Kier alpha value is -1.92. The van der Waals surface area contributed by atoms with Crippen molar-refractivity contribution < 1.29 is 4.84 Å². The third-order valence-electron chi connectivity index (χ3n) is 2.97. The molecule has 0 bridgehead atoms. The topological polar surface area (TPSA) is 58.3 Å². The van der Waals surface area contributed by atoms with Crippen LogP contribution >= 0.6 is 27.7 Å². The number of benzene rings is 1. The molecule has 0 amide bonds. The van der Waals surface area contributed by atoms with Crippen LogP contribution in [0.3, 0.4) is 0 Å². The molecule has 1 heterocycles. The molecule has 1 N–H and O–H groups in total. The van der Waals surface area contributed by atoms with Crippen molar-refractivity contribution in [2.75, 3.05) is 6.61 Å². The van der Waals surface area contributed by atoms with E-state index >= 15 is 0 Å². The zero-order valence-electron chi connectivity index (χ0n) is 15.3. The molecule has 2 rings (SSSR count). The van der Waals surface area contributed by atoms with Gasteiger partial charge in [0.25, 0.3) is 0 Å². The zero-order valence-corrected chi connectivity index (χ0v) is 17.7. The first-order valence-corrected chi connectivity index (χ1v) is 10.1. The molecule has 26 heavy (non-hydrogen) atoms. The first-order chi connectivity index (χ1) is 12.7. The van der Waals surface area contributed by atoms with Crippen molar-refractivity contribution in [2.24, 2.45) is 5.16 Å². The fraction of sp³-hybridized carbons (Fsp3) is 0.250. The number of rotatable bonds is 7. The minimum absolute atomic E-state index is 0.447. The van der Waals surface area contributed by atoms with Crippen molar-refractivity contribution in [3.05, 3.63) is 75.9 Å². The molecule has 1 aromatic heterocycles. The van der Waals surface area contributed by atoms with Gasteiger partial charge in [0.05, 0.1) is 5.71 Å². The van der Waals surface area contributed by atoms with Gasteiger partial charge in [0.1, 0.15) is 11.7 Å². The average molecular weight is 434 g/mol. The molecule has 0 unspecified atom stereocenters. The van der Waals surface area contributed by atoms with E-state index in [4.69, 9.17) is 10.2 Å². The van der Waals surface area contributed by atoms with Crippen molar-refractivity contribution in [3.63, 3.8) is 0 Å². The van der Waals surface area contributed by atoms with Crippen molar-refractivity contribution in [1.29, 1.82) is 5.41 Å². The Morgan fingerprint density at radius 1 is 1.23 bits per heavy atom. The molecule has 0 radical (unpaired) electrons. The van der Waals surface area contributed by atoms with E-state index in [0.29, 0.717) is 18.1 Å². The maximum Gasteiger partial charge on any atom is 0.114 e. The summed E-state index contributed by atoms with van der Waals surface area (Å²) in [7, 11) is 0. The molecular weight excluding hydrogens is 410 g/mol. The van der Waals surface area contributed by atoms with E-state index in [0.717, 1.165) is 21.3 Å². The van der Waals surface area contributed by atoms with Gasteiger partial charge in [-0.3, -0.25) is 10.4 Å². The van der Waals surface area contributed by atoms with Gasteiger partial charge in [-0.2, -0.15) is 0 Å². The summed E-state index contributed by atoms with van der Waals surface area (Å²) >= 11 is 4.71. The number of hydrogen-bond donors (Lipinski definition) is 1. The third kappa shape index (κ3) is 7.97. The highest BCUT2D eigenvalue weighted by Gasteiger charge is 2.04. The number of aromatic nitrogens is 1. The summed E-state index contributed by atoms with van der Waals surface area (Å²) in [5, 5.41) is 14.6. The summed E-state index contributed by atoms with van der Waals surface area (Å²) in [6, 6.07) is 11.8. The van der Waals surface area contributed by atoms with Crippen LogP contribution in [0.2, 0.25) is 0 Å². The first kappa shape index (κ1) is 22.1. The highest BCUT2D eigenvalue weighted by atomic mass is 79.9. The highest BCUT2D eigenvalue weighted by molar-refractivity contribution is 9.10. The molecule has 6 heteroatoms. The van der Waals surface area contributed by atoms with E-state index in [1.165, 1.54) is 11.8 Å². The van der Waals surface area contributed by atoms with Crippen LogP contribution in [0.15, 0.2) is 69.9 Å². The second-order valence-electron chi connectivity index (χ2n) is 4.74. The van der Waals surface area contributed by atoms with E-state index in [1.54, 1.807) is 12.4 Å². The van der Waals surface area contributed by atoms with Gasteiger partial charge < -0.3 is 4.84 Å². The van der Waals surface area contributed by atoms with E-state index < -0.39 is 0 Å². The normalized spacial score (nSPS) is 11.0. The van der Waals surface area contributed by atoms with Crippen molar-refractivity contribution in [3.8, 4) is 0 Å². The summed E-state index contributed by atoms with van der Waals surface area (Å²) in [4.78, 5) is 9.28. The predicted molar refractivity (Wildman–Crippen MR) is 116 cm³/mol. The van der Waals surface area contributed by atoms with Crippen LogP contribution in [0.1, 0.15) is 38.3 Å². The second-order valence-corrected chi connectivity index (χ2v) is 6.57. The Balaban J connectivity index is 0.00000163. The number of pyridine rings is 1. The Labute approximate surface area is 168 Å². The maximum absolute atomic E-state index is 8.08. The Kier molecular flexibility index (Phi) is 11.3. The quantitative estimate of drug-likeness (QED) is 0.317. The summed E-state index contributed by atoms with van der Waals surface area (Å²) < 4.78 is 0.865. The van der Waals surface area contributed by atoms with Gasteiger partial charge >= 0.3 is 0 Å². The fourth-order valence-electron chi connectivity index (χ4n) is 1.86. The summed E-state index contributed by atoms with van der Waals surface area (Å²) in [5.74, 6) is 0. The van der Waals surface area contributed by atoms with Crippen LogP contribution < -0.4 is 0 Å². The van der Waals surface area contributed by atoms with E-state index in [-0.39, 0.29) is 0 Å². The largest absolute Gasteiger partial charge is 0.396 e. The molecule has 2 aromatic rings. The molecule has 0 aliphatic rings. The molecule has 1 aromatic carbocycles. The summed E-state index contributed by atoms with van der Waals surface area (Å²) in [6.07, 6.45) is 6.00. The molecule has 0 spiro atoms. The minimum atomic E-state index is 0.447.